The molecule has 2 heterocycles. The monoisotopic (exact) mass is 482 g/mol. The van der Waals surface area contributed by atoms with E-state index < -0.39 is 59.8 Å². The fraction of sp³-hybridized carbons (Fsp3) is 0.600. The van der Waals surface area contributed by atoms with Gasteiger partial charge in [0.05, 0.1) is 12.7 Å². The summed E-state index contributed by atoms with van der Waals surface area (Å²) >= 11 is 0. The molecule has 0 radical (unpaired) electrons. The molecule has 1 aromatic rings. The number of nitrogens with zero attached hydrogens (tertiary/aromatic N) is 1. The molecule has 0 saturated carbocycles. The van der Waals surface area contributed by atoms with Crippen LogP contribution in [0.15, 0.2) is 15.8 Å². The lowest BCUT2D eigenvalue weighted by Crippen LogP contribution is -2.33. The van der Waals surface area contributed by atoms with Crippen molar-refractivity contribution in [1.82, 2.24) is 9.55 Å². The molecule has 0 amide bonds. The van der Waals surface area contributed by atoms with Gasteiger partial charge in [0.1, 0.15) is 12.3 Å². The molecule has 1 aliphatic heterocycles. The van der Waals surface area contributed by atoms with Crippen LogP contribution < -0.4 is 11.2 Å². The molecule has 0 aromatic carbocycles. The summed E-state index contributed by atoms with van der Waals surface area (Å²) in [7, 11) is -16.6. The minimum absolute atomic E-state index is 0.171. The molecule has 1 saturated heterocycles. The van der Waals surface area contributed by atoms with Crippen molar-refractivity contribution in [3.05, 3.63) is 32.6 Å². The Balaban J connectivity index is 2.03. The van der Waals surface area contributed by atoms with Gasteiger partial charge in [-0.2, -0.15) is 8.62 Å². The molecule has 166 valence electrons. The first kappa shape index (κ1) is 24.3. The molecular formula is C10H17N2O14P3. The molecule has 0 spiro atoms. The largest absolute Gasteiger partial charge is 0.490 e. The van der Waals surface area contributed by atoms with E-state index in [4.69, 9.17) is 19.4 Å². The van der Waals surface area contributed by atoms with Gasteiger partial charge < -0.3 is 29.4 Å². The Morgan fingerprint density at radius 2 is 1.79 bits per heavy atom. The van der Waals surface area contributed by atoms with Gasteiger partial charge in [-0.3, -0.25) is 18.9 Å². The maximum absolute atomic E-state index is 11.9. The van der Waals surface area contributed by atoms with Gasteiger partial charge >= 0.3 is 29.2 Å². The van der Waals surface area contributed by atoms with E-state index in [9.17, 15) is 33.3 Å². The molecule has 5 atom stereocenters. The minimum atomic E-state index is -5.67. The number of nitrogens with one attached hydrogen (secondary N) is 1. The van der Waals surface area contributed by atoms with Crippen LogP contribution >= 0.6 is 23.5 Å². The summed E-state index contributed by atoms with van der Waals surface area (Å²) in [5.74, 6) is 0. The fourth-order valence-corrected chi connectivity index (χ4v) is 5.34. The minimum Gasteiger partial charge on any atom is -0.390 e. The number of ether oxygens (including phenoxy) is 1. The molecule has 2 rings (SSSR count). The predicted octanol–water partition coefficient (Wildman–Crippen LogP) is -1.16. The van der Waals surface area contributed by atoms with Crippen molar-refractivity contribution in [2.75, 3.05) is 6.61 Å². The zero-order valence-corrected chi connectivity index (χ0v) is 17.1. The van der Waals surface area contributed by atoms with Crippen LogP contribution in [-0.4, -0.2) is 53.0 Å². The second-order valence-corrected chi connectivity index (χ2v) is 10.2. The van der Waals surface area contributed by atoms with Crippen LogP contribution in [0.1, 0.15) is 18.2 Å². The van der Waals surface area contributed by atoms with Crippen molar-refractivity contribution >= 4 is 23.5 Å². The van der Waals surface area contributed by atoms with Crippen LogP contribution in [0.25, 0.3) is 0 Å². The number of rotatable bonds is 8. The number of aryl methyl sites for hydroxylation is 1. The third-order valence-electron chi connectivity index (χ3n) is 3.48. The summed E-state index contributed by atoms with van der Waals surface area (Å²) in [6.45, 7) is 0.547. The first-order valence-corrected chi connectivity index (χ1v) is 12.0. The number of aliphatic hydroxyl groups is 1. The Bertz CT molecular complexity index is 1010. The summed E-state index contributed by atoms with van der Waals surface area (Å²) in [6.07, 6.45) is -2.67. The van der Waals surface area contributed by atoms with Crippen molar-refractivity contribution in [2.24, 2.45) is 0 Å². The Hall–Kier alpha value is -0.990. The Kier molecular flexibility index (Phi) is 7.23. The van der Waals surface area contributed by atoms with Gasteiger partial charge in [0.15, 0.2) is 0 Å². The molecule has 16 nitrogen and oxygen atoms in total. The summed E-state index contributed by atoms with van der Waals surface area (Å²) in [6, 6.07) is 0. The van der Waals surface area contributed by atoms with Gasteiger partial charge in [-0.15, -0.1) is 0 Å². The third-order valence-corrected chi connectivity index (χ3v) is 7.28. The Morgan fingerprint density at radius 3 is 2.38 bits per heavy atom. The fourth-order valence-electron chi connectivity index (χ4n) is 2.31. The van der Waals surface area contributed by atoms with E-state index in [1.807, 2.05) is 4.98 Å². The SMILES string of the molecule is Cc1cn([C@H]2C[C@@H](O)[C@@H](COP(=O)(O)OP(=O)(O)OP(=O)(O)O)O2)c(=O)[nH]c1=O. The Morgan fingerprint density at radius 1 is 1.17 bits per heavy atom. The molecule has 1 aromatic heterocycles. The highest BCUT2D eigenvalue weighted by Gasteiger charge is 2.42. The lowest BCUT2D eigenvalue weighted by Gasteiger charge is -2.19. The quantitative estimate of drug-likeness (QED) is 0.239. The van der Waals surface area contributed by atoms with Crippen LogP contribution in [0.2, 0.25) is 0 Å². The summed E-state index contributed by atoms with van der Waals surface area (Å²) in [5, 5.41) is 9.98. The number of H-pyrrole nitrogens is 1. The van der Waals surface area contributed by atoms with Gasteiger partial charge in [-0.05, 0) is 6.92 Å². The number of hydrogen-bond donors (Lipinski definition) is 6. The van der Waals surface area contributed by atoms with Crippen molar-refractivity contribution in [3.8, 4) is 0 Å². The van der Waals surface area contributed by atoms with E-state index in [0.717, 1.165) is 4.57 Å². The second-order valence-electron chi connectivity index (χ2n) is 5.80. The van der Waals surface area contributed by atoms with E-state index in [-0.39, 0.29) is 12.0 Å². The van der Waals surface area contributed by atoms with Crippen molar-refractivity contribution in [3.63, 3.8) is 0 Å². The molecule has 0 bridgehead atoms. The Labute approximate surface area is 161 Å². The van der Waals surface area contributed by atoms with Crippen LogP contribution in [0.5, 0.6) is 0 Å². The number of phosphoric acid groups is 3. The summed E-state index contributed by atoms with van der Waals surface area (Å²) in [4.78, 5) is 60.6. The first-order chi connectivity index (χ1) is 13.1. The highest BCUT2D eigenvalue weighted by Crippen LogP contribution is 2.66. The average Bonchev–Trinajstić information content (AvgIpc) is 2.86. The van der Waals surface area contributed by atoms with E-state index in [1.165, 1.54) is 13.1 Å². The first-order valence-electron chi connectivity index (χ1n) is 7.52. The zero-order chi connectivity index (χ0) is 22.2. The van der Waals surface area contributed by atoms with E-state index in [2.05, 4.69) is 13.1 Å². The number of aliphatic hydroxyl groups excluding tert-OH is 1. The standard InChI is InChI=1S/C10H17N2O14P3/c1-5-3-12(10(15)11-9(5)14)8-2-6(13)7(24-8)4-23-28(19,20)26-29(21,22)25-27(16,17)18/h3,6-8,13H,2,4H2,1H3,(H,19,20)(H,21,22)(H,11,14,15)(H2,16,17,18)/t6-,7-,8-/m1/s1. The number of hydrogen-bond acceptors (Lipinski definition) is 10. The van der Waals surface area contributed by atoms with Crippen LogP contribution in [0.3, 0.4) is 0 Å². The molecule has 19 heteroatoms. The molecule has 29 heavy (non-hydrogen) atoms. The van der Waals surface area contributed by atoms with Crippen molar-refractivity contribution in [2.45, 2.75) is 31.8 Å². The molecule has 1 aliphatic rings. The third kappa shape index (κ3) is 7.03. The topological polar surface area (TPSA) is 244 Å². The molecule has 0 aliphatic carbocycles. The smallest absolute Gasteiger partial charge is 0.390 e. The summed E-state index contributed by atoms with van der Waals surface area (Å²) in [5.41, 5.74) is -1.26. The molecule has 1 fully saturated rings. The highest BCUT2D eigenvalue weighted by molar-refractivity contribution is 7.66. The molecule has 6 N–H and O–H groups in total. The van der Waals surface area contributed by atoms with Crippen LogP contribution in [-0.2, 0) is 31.6 Å². The van der Waals surface area contributed by atoms with E-state index >= 15 is 0 Å². The lowest BCUT2D eigenvalue weighted by molar-refractivity contribution is -0.0450. The van der Waals surface area contributed by atoms with Crippen LogP contribution in [0.4, 0.5) is 0 Å². The van der Waals surface area contributed by atoms with E-state index in [1.54, 1.807) is 0 Å². The number of phosphoric ester groups is 1. The number of aromatic nitrogens is 2. The van der Waals surface area contributed by atoms with Gasteiger partial charge in [0.25, 0.3) is 5.56 Å². The number of aromatic amines is 1. The maximum atomic E-state index is 11.9. The predicted molar refractivity (Wildman–Crippen MR) is 90.4 cm³/mol. The lowest BCUT2D eigenvalue weighted by atomic mass is 10.2. The van der Waals surface area contributed by atoms with Gasteiger partial charge in [0.2, 0.25) is 0 Å². The second kappa shape index (κ2) is 8.63. The van der Waals surface area contributed by atoms with Gasteiger partial charge in [-0.1, -0.05) is 0 Å². The highest BCUT2D eigenvalue weighted by atomic mass is 31.3. The molecule has 2 unspecified atom stereocenters. The average molecular weight is 482 g/mol. The maximum Gasteiger partial charge on any atom is 0.490 e. The zero-order valence-electron chi connectivity index (χ0n) is 14.4. The van der Waals surface area contributed by atoms with Crippen molar-refractivity contribution in [1.29, 1.82) is 0 Å². The van der Waals surface area contributed by atoms with Gasteiger partial charge in [0, 0.05) is 18.2 Å². The summed E-state index contributed by atoms with van der Waals surface area (Å²) < 4.78 is 51.3. The van der Waals surface area contributed by atoms with Gasteiger partial charge in [-0.25, -0.2) is 18.5 Å². The molecular weight excluding hydrogens is 465 g/mol. The van der Waals surface area contributed by atoms with Crippen molar-refractivity contribution < 1.29 is 56.3 Å². The van der Waals surface area contributed by atoms with E-state index in [0.29, 0.717) is 0 Å². The normalized spacial score (nSPS) is 26.8. The van der Waals surface area contributed by atoms with Crippen LogP contribution in [0, 0.1) is 6.92 Å².